The van der Waals surface area contributed by atoms with Gasteiger partial charge in [-0.05, 0) is 103 Å². The van der Waals surface area contributed by atoms with Crippen LogP contribution >= 0.6 is 22.7 Å². The molecule has 1 amide bonds. The molecule has 0 saturated carbocycles. The summed E-state index contributed by atoms with van der Waals surface area (Å²) in [6, 6.07) is 22.5. The van der Waals surface area contributed by atoms with Gasteiger partial charge >= 0.3 is 11.0 Å². The Bertz CT molecular complexity index is 2550. The molecule has 6 aromatic rings. The third-order valence-electron chi connectivity index (χ3n) is 13.2. The van der Waals surface area contributed by atoms with E-state index in [1.807, 2.05) is 52.5 Å². The SMILES string of the molecule is CC(C)(C)[Si](C)(C)Oc1ccc([C@H](CNCc2ccc3c(c2)nnn3CCCN2CCC(OC(=O)Nc3ccsc3-c3ccccc3)CC2)O[Si](C)(C)C(C)(C)C)c2sc(=O)[nH]c12. The zero-order chi connectivity index (χ0) is 45.2. The summed E-state index contributed by atoms with van der Waals surface area (Å²) in [6.45, 7) is 27.1. The third-order valence-corrected chi connectivity index (χ3v) is 23.9. The number of anilines is 1. The Kier molecular flexibility index (Phi) is 14.2. The number of aromatic nitrogens is 4. The van der Waals surface area contributed by atoms with E-state index >= 15 is 0 Å². The number of hydrogen-bond acceptors (Lipinski definition) is 11. The van der Waals surface area contributed by atoms with Gasteiger partial charge in [-0.1, -0.05) is 101 Å². The number of thiazole rings is 1. The molecule has 3 aromatic carbocycles. The van der Waals surface area contributed by atoms with Crippen LogP contribution in [0.2, 0.25) is 36.3 Å². The second-order valence-electron chi connectivity index (χ2n) is 19.8. The zero-order valence-electron chi connectivity index (χ0n) is 38.6. The number of amides is 1. The fourth-order valence-corrected chi connectivity index (χ4v) is 11.5. The van der Waals surface area contributed by atoms with Crippen molar-refractivity contribution in [3.8, 4) is 16.2 Å². The summed E-state index contributed by atoms with van der Waals surface area (Å²) < 4.78 is 22.6. The average molecular weight is 928 g/mol. The van der Waals surface area contributed by atoms with Crippen LogP contribution in [0.3, 0.4) is 0 Å². The Morgan fingerprint density at radius 3 is 2.38 bits per heavy atom. The molecule has 1 aliphatic heterocycles. The Morgan fingerprint density at radius 2 is 1.67 bits per heavy atom. The fraction of sp³-hybridized carbons (Fsp3) is 0.489. The van der Waals surface area contributed by atoms with Crippen LogP contribution in [0.25, 0.3) is 31.7 Å². The van der Waals surface area contributed by atoms with Crippen LogP contribution in [0.4, 0.5) is 10.5 Å². The van der Waals surface area contributed by atoms with E-state index in [1.54, 1.807) is 11.3 Å². The number of hydrogen-bond donors (Lipinski definition) is 3. The number of ether oxygens (including phenoxy) is 1. The lowest BCUT2D eigenvalue weighted by atomic mass is 10.1. The smallest absolute Gasteiger partial charge is 0.411 e. The van der Waals surface area contributed by atoms with E-state index in [0.29, 0.717) is 13.1 Å². The van der Waals surface area contributed by atoms with Crippen molar-refractivity contribution in [2.75, 3.05) is 31.5 Å². The van der Waals surface area contributed by atoms with Crippen molar-refractivity contribution in [2.24, 2.45) is 0 Å². The number of aromatic amines is 1. The van der Waals surface area contributed by atoms with Crippen LogP contribution in [-0.2, 0) is 22.3 Å². The number of H-pyrrole nitrogens is 1. The lowest BCUT2D eigenvalue weighted by Crippen LogP contribution is -2.44. The Hall–Kier alpha value is -4.17. The van der Waals surface area contributed by atoms with Gasteiger partial charge in [-0.25, -0.2) is 9.48 Å². The van der Waals surface area contributed by atoms with E-state index in [-0.39, 0.29) is 27.2 Å². The Morgan fingerprint density at radius 1 is 0.937 bits per heavy atom. The first-order chi connectivity index (χ1) is 29.8. The third kappa shape index (κ3) is 11.2. The van der Waals surface area contributed by atoms with Crippen LogP contribution in [0.5, 0.6) is 5.75 Å². The summed E-state index contributed by atoms with van der Waals surface area (Å²) in [5, 5.41) is 17.7. The van der Waals surface area contributed by atoms with Crippen LogP contribution in [0.15, 0.2) is 76.9 Å². The number of benzene rings is 3. The van der Waals surface area contributed by atoms with Crippen molar-refractivity contribution in [1.82, 2.24) is 30.2 Å². The number of aryl methyl sites for hydroxylation is 1. The van der Waals surface area contributed by atoms with Gasteiger partial charge in [-0.3, -0.25) is 10.1 Å². The minimum atomic E-state index is -2.22. The van der Waals surface area contributed by atoms with Crippen molar-refractivity contribution in [1.29, 1.82) is 0 Å². The number of likely N-dealkylation sites (tertiary alicyclic amines) is 1. The summed E-state index contributed by atoms with van der Waals surface area (Å²) >= 11 is 2.83. The lowest BCUT2D eigenvalue weighted by Gasteiger charge is -2.40. The lowest BCUT2D eigenvalue weighted by molar-refractivity contribution is 0.0583. The molecule has 16 heteroatoms. The molecule has 0 radical (unpaired) electrons. The summed E-state index contributed by atoms with van der Waals surface area (Å²) in [4.78, 5) is 32.2. The Labute approximate surface area is 382 Å². The van der Waals surface area contributed by atoms with Crippen LogP contribution in [-0.4, -0.2) is 79.9 Å². The van der Waals surface area contributed by atoms with Gasteiger partial charge in [0.15, 0.2) is 8.32 Å². The topological polar surface area (TPSA) is 136 Å². The summed E-state index contributed by atoms with van der Waals surface area (Å²) in [5.74, 6) is 0.736. The number of nitrogens with zero attached hydrogens (tertiary/aromatic N) is 4. The van der Waals surface area contributed by atoms with Crippen molar-refractivity contribution >= 4 is 72.3 Å². The van der Waals surface area contributed by atoms with Gasteiger partial charge in [0.25, 0.3) is 8.32 Å². The van der Waals surface area contributed by atoms with Gasteiger partial charge in [-0.15, -0.1) is 16.4 Å². The first-order valence-electron chi connectivity index (χ1n) is 22.2. The van der Waals surface area contributed by atoms with E-state index in [2.05, 4.69) is 123 Å². The maximum atomic E-state index is 12.9. The highest BCUT2D eigenvalue weighted by Gasteiger charge is 2.41. The van der Waals surface area contributed by atoms with E-state index in [4.69, 9.17) is 13.6 Å². The summed E-state index contributed by atoms with van der Waals surface area (Å²) in [6.07, 6.45) is 1.80. The molecule has 7 rings (SSSR count). The van der Waals surface area contributed by atoms with Gasteiger partial charge in [0.05, 0.1) is 26.9 Å². The summed E-state index contributed by atoms with van der Waals surface area (Å²) in [5.41, 5.74) is 6.61. The highest BCUT2D eigenvalue weighted by Crippen LogP contribution is 2.44. The number of carbonyl (C=O) groups excluding carboxylic acids is 1. The van der Waals surface area contributed by atoms with Crippen molar-refractivity contribution in [2.45, 2.75) is 122 Å². The molecule has 63 heavy (non-hydrogen) atoms. The van der Waals surface area contributed by atoms with E-state index < -0.39 is 22.7 Å². The maximum Gasteiger partial charge on any atom is 0.411 e. The largest absolute Gasteiger partial charge is 0.542 e. The predicted octanol–water partition coefficient (Wildman–Crippen LogP) is 11.4. The quantitative estimate of drug-likeness (QED) is 0.0811. The van der Waals surface area contributed by atoms with Crippen molar-refractivity contribution < 1.29 is 18.4 Å². The van der Waals surface area contributed by atoms with Gasteiger partial charge in [0.1, 0.15) is 22.9 Å². The Balaban J connectivity index is 0.922. The number of nitrogens with one attached hydrogen (secondary N) is 3. The molecule has 1 atom stereocenters. The standard InChI is InChI=1S/C47H65N7O5S2Si2/c1-46(2,3)62(7,8)58-39-20-18-35(43-41(39)50-45(56)61-43)40(59-63(9,10)47(4,5)6)31-48-30-32-17-19-38-37(29-32)51-52-54(38)25-14-24-53-26-21-34(22-27-53)57-44(55)49-36-23-28-60-42(36)33-15-12-11-13-16-33/h11-13,15-20,23,28-29,34,40,48H,14,21-22,24-27,30-31H2,1-10H3,(H,49,55)(H,50,56)/t40-/m0/s1. The van der Waals surface area contributed by atoms with Crippen LogP contribution < -0.4 is 19.9 Å². The second kappa shape index (κ2) is 19.1. The second-order valence-corrected chi connectivity index (χ2v) is 31.2. The first kappa shape index (κ1) is 46.8. The minimum absolute atomic E-state index is 0.00198. The van der Waals surface area contributed by atoms with Crippen molar-refractivity contribution in [3.63, 3.8) is 0 Å². The average Bonchev–Trinajstić information content (AvgIpc) is 3.96. The molecule has 338 valence electrons. The molecule has 0 unspecified atom stereocenters. The molecule has 12 nitrogen and oxygen atoms in total. The normalized spacial score (nSPS) is 15.3. The minimum Gasteiger partial charge on any atom is -0.542 e. The molecule has 4 heterocycles. The predicted molar refractivity (Wildman–Crippen MR) is 264 cm³/mol. The number of fused-ring (bicyclic) bond motifs is 2. The molecule has 3 aromatic heterocycles. The van der Waals surface area contributed by atoms with Gasteiger partial charge in [-0.2, -0.15) is 0 Å². The zero-order valence-corrected chi connectivity index (χ0v) is 42.2. The molecule has 3 N–H and O–H groups in total. The molecule has 1 fully saturated rings. The highest BCUT2D eigenvalue weighted by atomic mass is 32.1. The van der Waals surface area contributed by atoms with E-state index in [1.165, 1.54) is 11.3 Å². The number of carbonyl (C=O) groups is 1. The van der Waals surface area contributed by atoms with Crippen molar-refractivity contribution in [3.05, 3.63) is 92.9 Å². The molecular weight excluding hydrogens is 863 g/mol. The number of thiophene rings is 1. The molecule has 0 bridgehead atoms. The van der Waals surface area contributed by atoms with Crippen LogP contribution in [0, 0.1) is 0 Å². The van der Waals surface area contributed by atoms with E-state index in [0.717, 1.165) is 99.7 Å². The van der Waals surface area contributed by atoms with E-state index in [9.17, 15) is 9.59 Å². The molecule has 1 aliphatic rings. The summed E-state index contributed by atoms with van der Waals surface area (Å²) in [7, 11) is -4.37. The van der Waals surface area contributed by atoms with Gasteiger partial charge in [0.2, 0.25) is 0 Å². The highest BCUT2D eigenvalue weighted by molar-refractivity contribution is 7.16. The monoisotopic (exact) mass is 927 g/mol. The maximum absolute atomic E-state index is 12.9. The van der Waals surface area contributed by atoms with Gasteiger partial charge in [0, 0.05) is 38.3 Å². The molecule has 1 saturated heterocycles. The molecular formula is C47H65N7O5S2Si2. The number of rotatable bonds is 16. The van der Waals surface area contributed by atoms with Crippen LogP contribution in [0.1, 0.15) is 78.0 Å². The molecule has 0 spiro atoms. The fourth-order valence-electron chi connectivity index (χ4n) is 7.39. The number of piperidine rings is 1. The van der Waals surface area contributed by atoms with Gasteiger partial charge < -0.3 is 28.8 Å². The first-order valence-corrected chi connectivity index (χ1v) is 29.7. The molecule has 0 aliphatic carbocycles.